The third-order valence-corrected chi connectivity index (χ3v) is 13.8. The highest BCUT2D eigenvalue weighted by Crippen LogP contribution is 2.17. The van der Waals surface area contributed by atoms with Crippen molar-refractivity contribution in [2.45, 2.75) is 329 Å². The molecule has 0 N–H and O–H groups in total. The summed E-state index contributed by atoms with van der Waals surface area (Å²) in [6.07, 6.45) is 76.5. The van der Waals surface area contributed by atoms with Gasteiger partial charge in [-0.15, -0.1) is 0 Å². The molecule has 418 valence electrons. The Morgan fingerprint density at radius 2 is 0.542 bits per heavy atom. The zero-order chi connectivity index (χ0) is 52.2. The summed E-state index contributed by atoms with van der Waals surface area (Å²) >= 11 is 0. The maximum Gasteiger partial charge on any atom is 0.306 e. The fourth-order valence-electron chi connectivity index (χ4n) is 9.08. The Balaban J connectivity index is 4.35. The Morgan fingerprint density at radius 3 is 0.875 bits per heavy atom. The maximum atomic E-state index is 12.9. The van der Waals surface area contributed by atoms with Gasteiger partial charge in [0.1, 0.15) is 13.2 Å². The van der Waals surface area contributed by atoms with E-state index in [1.807, 2.05) is 0 Å². The molecule has 6 heteroatoms. The van der Waals surface area contributed by atoms with Gasteiger partial charge in [-0.2, -0.15) is 0 Å². The van der Waals surface area contributed by atoms with Crippen LogP contribution in [0.1, 0.15) is 323 Å². The third kappa shape index (κ3) is 58.0. The number of allylic oxidation sites excluding steroid dienone is 10. The molecule has 6 nitrogen and oxygen atoms in total. The quantitative estimate of drug-likeness (QED) is 0.0261. The number of carbonyl (C=O) groups is 3. The molecule has 0 saturated carbocycles. The van der Waals surface area contributed by atoms with Crippen molar-refractivity contribution in [3.8, 4) is 0 Å². The summed E-state index contributed by atoms with van der Waals surface area (Å²) in [7, 11) is 0. The molecule has 0 fully saturated rings. The summed E-state index contributed by atoms with van der Waals surface area (Å²) in [6.45, 7) is 6.53. The maximum absolute atomic E-state index is 12.9. The molecule has 1 unspecified atom stereocenters. The second-order valence-electron chi connectivity index (χ2n) is 20.9. The highest BCUT2D eigenvalue weighted by atomic mass is 16.6. The van der Waals surface area contributed by atoms with Crippen molar-refractivity contribution in [2.75, 3.05) is 13.2 Å². The average molecular weight is 1010 g/mol. The summed E-state index contributed by atoms with van der Waals surface area (Å²) in [5.41, 5.74) is 0. The first-order chi connectivity index (χ1) is 35.5. The summed E-state index contributed by atoms with van der Waals surface area (Å²) in [5, 5.41) is 0. The molecule has 0 heterocycles. The average Bonchev–Trinajstić information content (AvgIpc) is 3.38. The van der Waals surface area contributed by atoms with Crippen LogP contribution in [0.4, 0.5) is 0 Å². The highest BCUT2D eigenvalue weighted by Gasteiger charge is 2.19. The lowest BCUT2D eigenvalue weighted by molar-refractivity contribution is -0.167. The second-order valence-corrected chi connectivity index (χ2v) is 20.9. The summed E-state index contributed by atoms with van der Waals surface area (Å²) in [5.74, 6) is -0.883. The van der Waals surface area contributed by atoms with Crippen molar-refractivity contribution in [2.24, 2.45) is 0 Å². The zero-order valence-electron chi connectivity index (χ0n) is 47.9. The van der Waals surface area contributed by atoms with Gasteiger partial charge in [0.2, 0.25) is 0 Å². The van der Waals surface area contributed by atoms with E-state index in [4.69, 9.17) is 14.2 Å². The number of carbonyl (C=O) groups excluding carboxylic acids is 3. The van der Waals surface area contributed by atoms with Crippen LogP contribution in [0.15, 0.2) is 60.8 Å². The van der Waals surface area contributed by atoms with Gasteiger partial charge >= 0.3 is 17.9 Å². The monoisotopic (exact) mass is 1010 g/mol. The van der Waals surface area contributed by atoms with E-state index in [-0.39, 0.29) is 31.1 Å². The van der Waals surface area contributed by atoms with E-state index in [2.05, 4.69) is 81.5 Å². The zero-order valence-corrected chi connectivity index (χ0v) is 47.9. The number of ether oxygens (including phenoxy) is 3. The van der Waals surface area contributed by atoms with Crippen LogP contribution in [-0.2, 0) is 28.6 Å². The SMILES string of the molecule is CC/C=C\C/C=C\C/C=C\CCCCCCCC(=O)OCC(COC(=O)CCCCCCCCCCCCCCCCCCCCCC)OC(=O)CCCCCCCCCCC/C=C\C/C=C\CCCCC. The van der Waals surface area contributed by atoms with E-state index in [0.717, 1.165) is 103 Å². The van der Waals surface area contributed by atoms with E-state index >= 15 is 0 Å². The fraction of sp³-hybridized carbons (Fsp3) is 0.803. The molecule has 0 aliphatic rings. The second kappa shape index (κ2) is 60.7. The number of hydrogen-bond donors (Lipinski definition) is 0. The summed E-state index contributed by atoms with van der Waals surface area (Å²) in [4.78, 5) is 38.3. The van der Waals surface area contributed by atoms with E-state index in [1.54, 1.807) is 0 Å². The van der Waals surface area contributed by atoms with Gasteiger partial charge < -0.3 is 14.2 Å². The Hall–Kier alpha value is -2.89. The van der Waals surface area contributed by atoms with Gasteiger partial charge in [-0.3, -0.25) is 14.4 Å². The Labute approximate surface area is 447 Å². The summed E-state index contributed by atoms with van der Waals surface area (Å²) < 4.78 is 16.9. The van der Waals surface area contributed by atoms with Crippen LogP contribution >= 0.6 is 0 Å². The van der Waals surface area contributed by atoms with E-state index < -0.39 is 6.10 Å². The predicted octanol–water partition coefficient (Wildman–Crippen LogP) is 21.2. The number of unbranched alkanes of at least 4 members (excludes halogenated alkanes) is 36. The van der Waals surface area contributed by atoms with Crippen LogP contribution in [0.25, 0.3) is 0 Å². The fourth-order valence-corrected chi connectivity index (χ4v) is 9.08. The first-order valence-corrected chi connectivity index (χ1v) is 31.3. The molecular weight excluding hydrogens is 889 g/mol. The van der Waals surface area contributed by atoms with Gasteiger partial charge in [-0.1, -0.05) is 281 Å². The molecule has 72 heavy (non-hydrogen) atoms. The first kappa shape index (κ1) is 69.1. The van der Waals surface area contributed by atoms with Gasteiger partial charge in [0.05, 0.1) is 0 Å². The number of hydrogen-bond acceptors (Lipinski definition) is 6. The molecule has 0 bridgehead atoms. The van der Waals surface area contributed by atoms with Crippen molar-refractivity contribution in [3.63, 3.8) is 0 Å². The minimum absolute atomic E-state index is 0.0785. The molecule has 0 amide bonds. The lowest BCUT2D eigenvalue weighted by atomic mass is 10.0. The lowest BCUT2D eigenvalue weighted by Gasteiger charge is -2.18. The topological polar surface area (TPSA) is 78.9 Å². The standard InChI is InChI=1S/C66H118O6/c1-4-7-10-13-16-19-22-25-28-30-32-34-35-38-41-44-47-50-53-56-59-65(68)71-62-63(61-70-64(67)58-55-52-49-46-43-40-37-27-24-21-18-15-12-9-6-3)72-66(69)60-57-54-51-48-45-42-39-36-33-31-29-26-23-20-17-14-11-8-5-2/h9,12,17-18,20-21,26-27,29,37,63H,4-8,10-11,13-16,19,22-25,28,30-36,38-62H2,1-3H3/b12-9-,20-17-,21-18-,29-26-,37-27-. The van der Waals surface area contributed by atoms with Crippen LogP contribution in [-0.4, -0.2) is 37.2 Å². The molecule has 0 spiro atoms. The van der Waals surface area contributed by atoms with E-state index in [9.17, 15) is 14.4 Å². The van der Waals surface area contributed by atoms with Gasteiger partial charge in [-0.25, -0.2) is 0 Å². The Morgan fingerprint density at radius 1 is 0.292 bits per heavy atom. The van der Waals surface area contributed by atoms with Crippen molar-refractivity contribution in [1.82, 2.24) is 0 Å². The van der Waals surface area contributed by atoms with Gasteiger partial charge in [0.15, 0.2) is 6.10 Å². The normalized spacial score (nSPS) is 12.4. The van der Waals surface area contributed by atoms with E-state index in [1.165, 1.54) is 180 Å². The molecule has 0 saturated heterocycles. The van der Waals surface area contributed by atoms with Gasteiger partial charge in [0.25, 0.3) is 0 Å². The van der Waals surface area contributed by atoms with Crippen LogP contribution in [0.5, 0.6) is 0 Å². The number of rotatable bonds is 57. The Bertz CT molecular complexity index is 1290. The van der Waals surface area contributed by atoms with Crippen molar-refractivity contribution < 1.29 is 28.6 Å². The first-order valence-electron chi connectivity index (χ1n) is 31.3. The minimum atomic E-state index is -0.783. The van der Waals surface area contributed by atoms with E-state index in [0.29, 0.717) is 19.3 Å². The molecule has 0 aromatic carbocycles. The molecular formula is C66H118O6. The van der Waals surface area contributed by atoms with Gasteiger partial charge in [0, 0.05) is 19.3 Å². The minimum Gasteiger partial charge on any atom is -0.462 e. The van der Waals surface area contributed by atoms with Crippen molar-refractivity contribution in [1.29, 1.82) is 0 Å². The smallest absolute Gasteiger partial charge is 0.306 e. The molecule has 0 aromatic heterocycles. The largest absolute Gasteiger partial charge is 0.462 e. The van der Waals surface area contributed by atoms with Crippen molar-refractivity contribution in [3.05, 3.63) is 60.8 Å². The van der Waals surface area contributed by atoms with Crippen molar-refractivity contribution >= 4 is 17.9 Å². The van der Waals surface area contributed by atoms with Crippen LogP contribution < -0.4 is 0 Å². The predicted molar refractivity (Wildman–Crippen MR) is 312 cm³/mol. The van der Waals surface area contributed by atoms with Crippen LogP contribution in [0.3, 0.4) is 0 Å². The molecule has 0 aromatic rings. The number of esters is 3. The third-order valence-electron chi connectivity index (χ3n) is 13.8. The molecule has 1 atom stereocenters. The van der Waals surface area contributed by atoms with Crippen LogP contribution in [0.2, 0.25) is 0 Å². The van der Waals surface area contributed by atoms with Crippen LogP contribution in [0, 0.1) is 0 Å². The Kier molecular flexibility index (Phi) is 58.2. The molecule has 0 aliphatic heterocycles. The lowest BCUT2D eigenvalue weighted by Crippen LogP contribution is -2.30. The molecule has 0 aliphatic carbocycles. The summed E-state index contributed by atoms with van der Waals surface area (Å²) in [6, 6.07) is 0. The molecule has 0 radical (unpaired) electrons. The van der Waals surface area contributed by atoms with Gasteiger partial charge in [-0.05, 0) is 83.5 Å². The highest BCUT2D eigenvalue weighted by molar-refractivity contribution is 5.71. The molecule has 0 rings (SSSR count).